The number of hydrogen-bond acceptors (Lipinski definition) is 4. The van der Waals surface area contributed by atoms with Gasteiger partial charge in [0.05, 0.1) is 13.2 Å². The summed E-state index contributed by atoms with van der Waals surface area (Å²) in [5.74, 6) is 0. The van der Waals surface area contributed by atoms with Gasteiger partial charge < -0.3 is 15.0 Å². The van der Waals surface area contributed by atoms with Crippen molar-refractivity contribution in [1.29, 1.82) is 0 Å². The monoisotopic (exact) mass is 418 g/mol. The lowest BCUT2D eigenvalue weighted by Gasteiger charge is -2.29. The molecule has 1 aromatic carbocycles. The molecule has 28 heavy (non-hydrogen) atoms. The van der Waals surface area contributed by atoms with E-state index in [1.54, 1.807) is 6.20 Å². The normalized spacial score (nSPS) is 14.6. The van der Waals surface area contributed by atoms with Crippen LogP contribution in [0.4, 0.5) is 5.69 Å². The van der Waals surface area contributed by atoms with Gasteiger partial charge in [0.2, 0.25) is 0 Å². The Bertz CT molecular complexity index is 768. The maximum absolute atomic E-state index is 6.26. The number of anilines is 1. The molecule has 1 aliphatic heterocycles. The second-order valence-electron chi connectivity index (χ2n) is 6.98. The summed E-state index contributed by atoms with van der Waals surface area (Å²) < 4.78 is 5.43. The first-order valence-electron chi connectivity index (χ1n) is 9.63. The van der Waals surface area contributed by atoms with Crippen molar-refractivity contribution in [3.05, 3.63) is 58.9 Å². The average Bonchev–Trinajstić information content (AvgIpc) is 2.71. The third kappa shape index (κ3) is 6.41. The van der Waals surface area contributed by atoms with Crippen molar-refractivity contribution in [2.45, 2.75) is 19.9 Å². The van der Waals surface area contributed by atoms with Gasteiger partial charge >= 0.3 is 0 Å². The Hall–Kier alpha value is -1.73. The highest BCUT2D eigenvalue weighted by Gasteiger charge is 2.14. The lowest BCUT2D eigenvalue weighted by molar-refractivity contribution is 0.0368. The predicted octanol–water partition coefficient (Wildman–Crippen LogP) is 3.96. The van der Waals surface area contributed by atoms with E-state index in [1.807, 2.05) is 37.4 Å². The van der Waals surface area contributed by atoms with Crippen molar-refractivity contribution < 1.29 is 4.74 Å². The number of aryl methyl sites for hydroxylation is 1. The van der Waals surface area contributed by atoms with Gasteiger partial charge in [0.25, 0.3) is 0 Å². The van der Waals surface area contributed by atoms with Gasteiger partial charge in [-0.15, -0.1) is 0 Å². The first-order valence-corrected chi connectivity index (χ1v) is 10.4. The molecule has 1 N–H and O–H groups in total. The van der Waals surface area contributed by atoms with Crippen molar-refractivity contribution in [2.24, 2.45) is 0 Å². The van der Waals surface area contributed by atoms with Crippen LogP contribution in [0.2, 0.25) is 5.02 Å². The number of thiocarbonyl (C=S) groups is 1. The molecule has 3 rings (SSSR count). The van der Waals surface area contributed by atoms with Crippen LogP contribution in [0.3, 0.4) is 0 Å². The first kappa shape index (κ1) is 21.0. The van der Waals surface area contributed by atoms with Crippen LogP contribution in [0.5, 0.6) is 0 Å². The summed E-state index contributed by atoms with van der Waals surface area (Å²) in [6, 6.07) is 9.95. The molecule has 7 heteroatoms. The third-order valence-corrected chi connectivity index (χ3v) is 5.58. The Morgan fingerprint density at radius 3 is 2.86 bits per heavy atom. The summed E-state index contributed by atoms with van der Waals surface area (Å²) >= 11 is 12.0. The first-order chi connectivity index (χ1) is 13.6. The fourth-order valence-corrected chi connectivity index (χ4v) is 3.60. The highest BCUT2D eigenvalue weighted by molar-refractivity contribution is 7.80. The second kappa shape index (κ2) is 10.7. The molecule has 1 aromatic heterocycles. The number of nitrogens with one attached hydrogen (secondary N) is 1. The van der Waals surface area contributed by atoms with Crippen LogP contribution >= 0.6 is 23.8 Å². The van der Waals surface area contributed by atoms with Crippen molar-refractivity contribution >= 4 is 34.6 Å². The Balaban J connectivity index is 1.61. The molecule has 2 heterocycles. The molecule has 0 bridgehead atoms. The van der Waals surface area contributed by atoms with Crippen molar-refractivity contribution in [2.75, 3.05) is 44.7 Å². The van der Waals surface area contributed by atoms with E-state index >= 15 is 0 Å². The molecule has 0 radical (unpaired) electrons. The summed E-state index contributed by atoms with van der Waals surface area (Å²) in [6.45, 7) is 8.30. The van der Waals surface area contributed by atoms with Gasteiger partial charge in [-0.05, 0) is 54.9 Å². The number of halogens is 1. The molecule has 0 aliphatic carbocycles. The summed E-state index contributed by atoms with van der Waals surface area (Å²) in [4.78, 5) is 8.87. The van der Waals surface area contributed by atoms with E-state index in [4.69, 9.17) is 28.6 Å². The Kier molecular flexibility index (Phi) is 8.03. The zero-order valence-electron chi connectivity index (χ0n) is 16.2. The molecular formula is C21H27ClN4OS. The number of ether oxygens (including phenoxy) is 1. The van der Waals surface area contributed by atoms with Crippen molar-refractivity contribution in [1.82, 2.24) is 14.8 Å². The second-order valence-corrected chi connectivity index (χ2v) is 7.78. The highest BCUT2D eigenvalue weighted by atomic mass is 35.5. The fraction of sp³-hybridized carbons (Fsp3) is 0.429. The van der Waals surface area contributed by atoms with Crippen LogP contribution in [0, 0.1) is 6.92 Å². The van der Waals surface area contributed by atoms with Gasteiger partial charge in [-0.25, -0.2) is 0 Å². The number of benzene rings is 1. The molecule has 0 atom stereocenters. The lowest BCUT2D eigenvalue weighted by Crippen LogP contribution is -2.40. The van der Waals surface area contributed by atoms with Gasteiger partial charge in [-0.2, -0.15) is 0 Å². The topological polar surface area (TPSA) is 40.6 Å². The number of hydrogen-bond donors (Lipinski definition) is 1. The smallest absolute Gasteiger partial charge is 0.173 e. The zero-order valence-corrected chi connectivity index (χ0v) is 17.8. The van der Waals surface area contributed by atoms with E-state index in [2.05, 4.69) is 26.2 Å². The van der Waals surface area contributed by atoms with E-state index < -0.39 is 0 Å². The Labute approximate surface area is 177 Å². The van der Waals surface area contributed by atoms with Crippen LogP contribution in [0.25, 0.3) is 0 Å². The number of morpholine rings is 1. The Morgan fingerprint density at radius 2 is 2.14 bits per heavy atom. The van der Waals surface area contributed by atoms with Crippen molar-refractivity contribution in [3.8, 4) is 0 Å². The summed E-state index contributed by atoms with van der Waals surface area (Å²) in [5, 5.41) is 4.77. The maximum atomic E-state index is 6.26. The van der Waals surface area contributed by atoms with Gasteiger partial charge in [-0.3, -0.25) is 9.88 Å². The summed E-state index contributed by atoms with van der Waals surface area (Å²) in [6.07, 6.45) is 4.72. The minimum Gasteiger partial charge on any atom is -0.379 e. The number of rotatable bonds is 7. The molecule has 5 nitrogen and oxygen atoms in total. The SMILES string of the molecule is Cc1ccc(NC(=S)N(CCCN2CCOCC2)Cc2cccnc2)cc1Cl. The number of pyridine rings is 1. The van der Waals surface area contributed by atoms with E-state index in [-0.39, 0.29) is 0 Å². The maximum Gasteiger partial charge on any atom is 0.173 e. The highest BCUT2D eigenvalue weighted by Crippen LogP contribution is 2.20. The van der Waals surface area contributed by atoms with Gasteiger partial charge in [-0.1, -0.05) is 23.7 Å². The number of nitrogens with zero attached hydrogens (tertiary/aromatic N) is 3. The van der Waals surface area contributed by atoms with Crippen LogP contribution in [-0.4, -0.2) is 59.3 Å². The van der Waals surface area contributed by atoms with Crippen LogP contribution in [-0.2, 0) is 11.3 Å². The van der Waals surface area contributed by atoms with E-state index in [0.717, 1.165) is 74.2 Å². The van der Waals surface area contributed by atoms with Crippen LogP contribution in [0.1, 0.15) is 17.5 Å². The molecule has 0 amide bonds. The molecule has 2 aromatic rings. The molecule has 1 saturated heterocycles. The fourth-order valence-electron chi connectivity index (χ4n) is 3.15. The minimum atomic E-state index is 0.700. The van der Waals surface area contributed by atoms with E-state index in [1.165, 1.54) is 0 Å². The van der Waals surface area contributed by atoms with Crippen LogP contribution < -0.4 is 5.32 Å². The van der Waals surface area contributed by atoms with Gasteiger partial charge in [0.15, 0.2) is 5.11 Å². The molecule has 0 unspecified atom stereocenters. The van der Waals surface area contributed by atoms with Gasteiger partial charge in [0, 0.05) is 55.8 Å². The van der Waals surface area contributed by atoms with E-state index in [0.29, 0.717) is 5.11 Å². The molecule has 1 fully saturated rings. The van der Waals surface area contributed by atoms with Crippen molar-refractivity contribution in [3.63, 3.8) is 0 Å². The minimum absolute atomic E-state index is 0.700. The standard InChI is InChI=1S/C21H27ClN4OS/c1-17-5-6-19(14-20(17)22)24-21(28)26(16-18-4-2-7-23-15-18)9-3-8-25-10-12-27-13-11-25/h2,4-7,14-15H,3,8-13,16H2,1H3,(H,24,28). The number of aromatic nitrogens is 1. The molecule has 150 valence electrons. The third-order valence-electron chi connectivity index (χ3n) is 4.81. The zero-order chi connectivity index (χ0) is 19.8. The predicted molar refractivity (Wildman–Crippen MR) is 119 cm³/mol. The molecule has 0 spiro atoms. The summed E-state index contributed by atoms with van der Waals surface area (Å²) in [7, 11) is 0. The Morgan fingerprint density at radius 1 is 1.32 bits per heavy atom. The molecule has 1 aliphatic rings. The summed E-state index contributed by atoms with van der Waals surface area (Å²) in [5.41, 5.74) is 3.10. The van der Waals surface area contributed by atoms with E-state index in [9.17, 15) is 0 Å². The largest absolute Gasteiger partial charge is 0.379 e. The molecule has 0 saturated carbocycles. The van der Waals surface area contributed by atoms with Crippen LogP contribution in [0.15, 0.2) is 42.7 Å². The quantitative estimate of drug-likeness (QED) is 0.686. The average molecular weight is 419 g/mol. The lowest BCUT2D eigenvalue weighted by atomic mass is 10.2. The molecular weight excluding hydrogens is 392 g/mol. The van der Waals surface area contributed by atoms with Gasteiger partial charge in [0.1, 0.15) is 0 Å².